The summed E-state index contributed by atoms with van der Waals surface area (Å²) in [6.45, 7) is 2.97. The molecule has 8 heteroatoms. The molecular weight excluding hydrogens is 278 g/mol. The number of ether oxygens (including phenoxy) is 2. The number of pyridine rings is 1. The molecule has 1 aromatic heterocycles. The van der Waals surface area contributed by atoms with Crippen LogP contribution in [0, 0.1) is 17.0 Å². The highest BCUT2D eigenvalue weighted by atomic mass is 16.6. The standard InChI is InChI=1S/C13H19N3O5/c1-10-11(16(18)19)4-5-12(14-10)15(8-9-20-2)7-6-13(17)21-3/h4-5H,6-9H2,1-3H3. The molecule has 0 aliphatic carbocycles. The van der Waals surface area contributed by atoms with Gasteiger partial charge >= 0.3 is 5.97 Å². The summed E-state index contributed by atoms with van der Waals surface area (Å²) < 4.78 is 9.63. The Labute approximate surface area is 122 Å². The molecule has 116 valence electrons. The maximum Gasteiger partial charge on any atom is 0.307 e. The van der Waals surface area contributed by atoms with Gasteiger partial charge in [-0.15, -0.1) is 0 Å². The highest BCUT2D eigenvalue weighted by Gasteiger charge is 2.16. The second-order valence-electron chi connectivity index (χ2n) is 4.34. The van der Waals surface area contributed by atoms with Crippen LogP contribution in [0.3, 0.4) is 0 Å². The largest absolute Gasteiger partial charge is 0.469 e. The summed E-state index contributed by atoms with van der Waals surface area (Å²) in [7, 11) is 2.91. The fourth-order valence-corrected chi connectivity index (χ4v) is 1.78. The van der Waals surface area contributed by atoms with Crippen LogP contribution in [0.15, 0.2) is 12.1 Å². The first-order valence-electron chi connectivity index (χ1n) is 6.42. The number of anilines is 1. The van der Waals surface area contributed by atoms with Gasteiger partial charge in [0, 0.05) is 26.3 Å². The molecule has 0 amide bonds. The van der Waals surface area contributed by atoms with Crippen LogP contribution in [0.4, 0.5) is 11.5 Å². The summed E-state index contributed by atoms with van der Waals surface area (Å²) in [6.07, 6.45) is 0.206. The summed E-state index contributed by atoms with van der Waals surface area (Å²) in [5, 5.41) is 10.8. The molecule has 0 aliphatic heterocycles. The number of rotatable bonds is 8. The van der Waals surface area contributed by atoms with Crippen LogP contribution in [0.25, 0.3) is 0 Å². The van der Waals surface area contributed by atoms with Crippen molar-refractivity contribution in [3.8, 4) is 0 Å². The number of nitrogens with zero attached hydrogens (tertiary/aromatic N) is 3. The van der Waals surface area contributed by atoms with E-state index in [1.807, 2.05) is 4.90 Å². The maximum atomic E-state index is 11.2. The van der Waals surface area contributed by atoms with Crippen molar-refractivity contribution in [2.24, 2.45) is 0 Å². The van der Waals surface area contributed by atoms with Crippen molar-refractivity contribution < 1.29 is 19.2 Å². The van der Waals surface area contributed by atoms with Crippen molar-refractivity contribution >= 4 is 17.5 Å². The molecule has 0 saturated heterocycles. The van der Waals surface area contributed by atoms with Crippen LogP contribution in [-0.4, -0.2) is 49.8 Å². The van der Waals surface area contributed by atoms with E-state index in [9.17, 15) is 14.9 Å². The lowest BCUT2D eigenvalue weighted by Gasteiger charge is -2.23. The second kappa shape index (κ2) is 8.15. The summed E-state index contributed by atoms with van der Waals surface area (Å²) >= 11 is 0. The first kappa shape index (κ1) is 16.8. The summed E-state index contributed by atoms with van der Waals surface area (Å²) in [6, 6.07) is 2.98. The van der Waals surface area contributed by atoms with Gasteiger partial charge in [-0.3, -0.25) is 14.9 Å². The van der Waals surface area contributed by atoms with Gasteiger partial charge in [-0.2, -0.15) is 0 Å². The Morgan fingerprint density at radius 2 is 2.10 bits per heavy atom. The minimum Gasteiger partial charge on any atom is -0.469 e. The fraction of sp³-hybridized carbons (Fsp3) is 0.538. The molecule has 0 fully saturated rings. The molecule has 0 unspecified atom stereocenters. The Morgan fingerprint density at radius 3 is 2.62 bits per heavy atom. The highest BCUT2D eigenvalue weighted by Crippen LogP contribution is 2.20. The van der Waals surface area contributed by atoms with Crippen LogP contribution in [0.1, 0.15) is 12.1 Å². The van der Waals surface area contributed by atoms with E-state index in [1.54, 1.807) is 20.1 Å². The number of nitro groups is 1. The van der Waals surface area contributed by atoms with E-state index in [4.69, 9.17) is 4.74 Å². The zero-order valence-corrected chi connectivity index (χ0v) is 12.4. The van der Waals surface area contributed by atoms with Crippen LogP contribution < -0.4 is 4.90 Å². The van der Waals surface area contributed by atoms with E-state index in [-0.39, 0.29) is 18.1 Å². The topological polar surface area (TPSA) is 94.8 Å². The van der Waals surface area contributed by atoms with E-state index >= 15 is 0 Å². The molecule has 8 nitrogen and oxygen atoms in total. The molecule has 21 heavy (non-hydrogen) atoms. The molecule has 0 atom stereocenters. The molecule has 0 N–H and O–H groups in total. The summed E-state index contributed by atoms with van der Waals surface area (Å²) in [5.74, 6) is 0.245. The van der Waals surface area contributed by atoms with Gasteiger partial charge < -0.3 is 14.4 Å². The predicted molar refractivity (Wildman–Crippen MR) is 76.4 cm³/mol. The summed E-state index contributed by atoms with van der Waals surface area (Å²) in [5.41, 5.74) is 0.302. The van der Waals surface area contributed by atoms with Crippen molar-refractivity contribution in [1.29, 1.82) is 0 Å². The van der Waals surface area contributed by atoms with Crippen LogP contribution >= 0.6 is 0 Å². The molecule has 0 aromatic carbocycles. The quantitative estimate of drug-likeness (QED) is 0.405. The number of esters is 1. The van der Waals surface area contributed by atoms with Gasteiger partial charge in [0.05, 0.1) is 25.1 Å². The lowest BCUT2D eigenvalue weighted by atomic mass is 10.3. The zero-order valence-electron chi connectivity index (χ0n) is 12.4. The van der Waals surface area contributed by atoms with Crippen molar-refractivity contribution in [1.82, 2.24) is 4.98 Å². The Balaban J connectivity index is 2.88. The van der Waals surface area contributed by atoms with Crippen LogP contribution in [0.5, 0.6) is 0 Å². The van der Waals surface area contributed by atoms with Gasteiger partial charge in [0.1, 0.15) is 11.5 Å². The van der Waals surface area contributed by atoms with Crippen molar-refractivity contribution in [2.45, 2.75) is 13.3 Å². The van der Waals surface area contributed by atoms with Gasteiger partial charge in [0.15, 0.2) is 0 Å². The first-order chi connectivity index (χ1) is 9.99. The number of hydrogen-bond donors (Lipinski definition) is 0. The molecule has 0 spiro atoms. The van der Waals surface area contributed by atoms with E-state index in [2.05, 4.69) is 9.72 Å². The van der Waals surface area contributed by atoms with E-state index in [0.29, 0.717) is 31.2 Å². The molecule has 1 rings (SSSR count). The molecule has 0 bridgehead atoms. The van der Waals surface area contributed by atoms with Crippen molar-refractivity contribution in [3.05, 3.63) is 27.9 Å². The van der Waals surface area contributed by atoms with Gasteiger partial charge in [-0.05, 0) is 13.0 Å². The van der Waals surface area contributed by atoms with Crippen molar-refractivity contribution in [3.63, 3.8) is 0 Å². The molecule has 0 radical (unpaired) electrons. The number of aryl methyl sites for hydroxylation is 1. The summed E-state index contributed by atoms with van der Waals surface area (Å²) in [4.78, 5) is 27.6. The molecule has 1 heterocycles. The Morgan fingerprint density at radius 1 is 1.38 bits per heavy atom. The third-order valence-corrected chi connectivity index (χ3v) is 2.94. The van der Waals surface area contributed by atoms with E-state index < -0.39 is 4.92 Å². The first-order valence-corrected chi connectivity index (χ1v) is 6.42. The monoisotopic (exact) mass is 297 g/mol. The third-order valence-electron chi connectivity index (χ3n) is 2.94. The molecule has 0 aliphatic rings. The Hall–Kier alpha value is -2.22. The van der Waals surface area contributed by atoms with Gasteiger partial charge in [-0.1, -0.05) is 0 Å². The normalized spacial score (nSPS) is 10.2. The average molecular weight is 297 g/mol. The van der Waals surface area contributed by atoms with Crippen molar-refractivity contribution in [2.75, 3.05) is 38.8 Å². The Bertz CT molecular complexity index is 507. The van der Waals surface area contributed by atoms with E-state index in [1.165, 1.54) is 13.2 Å². The van der Waals surface area contributed by atoms with Gasteiger partial charge in [0.25, 0.3) is 5.69 Å². The molecule has 0 saturated carbocycles. The Kier molecular flexibility index (Phi) is 6.54. The lowest BCUT2D eigenvalue weighted by Crippen LogP contribution is -2.30. The average Bonchev–Trinajstić information content (AvgIpc) is 2.46. The predicted octanol–water partition coefficient (Wildman–Crippen LogP) is 1.31. The van der Waals surface area contributed by atoms with E-state index in [0.717, 1.165) is 0 Å². The number of carbonyl (C=O) groups excluding carboxylic acids is 1. The van der Waals surface area contributed by atoms with Gasteiger partial charge in [0.2, 0.25) is 0 Å². The van der Waals surface area contributed by atoms with Crippen LogP contribution in [-0.2, 0) is 14.3 Å². The lowest BCUT2D eigenvalue weighted by molar-refractivity contribution is -0.385. The SMILES string of the molecule is COCCN(CCC(=O)OC)c1ccc([N+](=O)[O-])c(C)n1. The number of carbonyl (C=O) groups is 1. The number of methoxy groups -OCH3 is 2. The number of hydrogen-bond acceptors (Lipinski definition) is 7. The third kappa shape index (κ3) is 4.99. The minimum atomic E-state index is -0.472. The molecular formula is C13H19N3O5. The fourth-order valence-electron chi connectivity index (χ4n) is 1.78. The van der Waals surface area contributed by atoms with Crippen LogP contribution in [0.2, 0.25) is 0 Å². The second-order valence-corrected chi connectivity index (χ2v) is 4.34. The zero-order chi connectivity index (χ0) is 15.8. The van der Waals surface area contributed by atoms with Gasteiger partial charge in [-0.25, -0.2) is 4.98 Å². The minimum absolute atomic E-state index is 0.0293. The molecule has 1 aromatic rings. The maximum absolute atomic E-state index is 11.2. The smallest absolute Gasteiger partial charge is 0.307 e. The highest BCUT2D eigenvalue weighted by molar-refractivity contribution is 5.70. The number of aromatic nitrogens is 1.